The van der Waals surface area contributed by atoms with Crippen LogP contribution in [0.1, 0.15) is 31.0 Å². The topological polar surface area (TPSA) is 53.1 Å². The Morgan fingerprint density at radius 3 is 2.81 bits per heavy atom. The molecule has 0 saturated heterocycles. The predicted octanol–water partition coefficient (Wildman–Crippen LogP) is 1.47. The first-order chi connectivity index (χ1) is 7.74. The van der Waals surface area contributed by atoms with E-state index in [0.717, 1.165) is 23.3 Å². The van der Waals surface area contributed by atoms with Crippen LogP contribution in [0.5, 0.6) is 5.75 Å². The molecule has 3 atom stereocenters. The SMILES string of the molecule is COc1cnn(C)c1C(N)C1C2CCCC21. The average molecular weight is 221 g/mol. The highest BCUT2D eigenvalue weighted by atomic mass is 16.5. The van der Waals surface area contributed by atoms with Crippen molar-refractivity contribution in [3.8, 4) is 5.75 Å². The van der Waals surface area contributed by atoms with E-state index in [9.17, 15) is 0 Å². The van der Waals surface area contributed by atoms with E-state index in [2.05, 4.69) is 5.10 Å². The van der Waals surface area contributed by atoms with E-state index in [1.807, 2.05) is 11.7 Å². The van der Waals surface area contributed by atoms with E-state index in [-0.39, 0.29) is 6.04 Å². The van der Waals surface area contributed by atoms with Gasteiger partial charge in [0, 0.05) is 7.05 Å². The minimum atomic E-state index is 0.0951. The van der Waals surface area contributed by atoms with Gasteiger partial charge >= 0.3 is 0 Å². The molecule has 3 rings (SSSR count). The van der Waals surface area contributed by atoms with Crippen LogP contribution in [0.3, 0.4) is 0 Å². The Hall–Kier alpha value is -1.03. The second-order valence-corrected chi connectivity index (χ2v) is 5.08. The minimum Gasteiger partial charge on any atom is -0.493 e. The molecule has 2 fully saturated rings. The standard InChI is InChI=1S/C12H19N3O/c1-15-12(9(16-2)6-14-15)11(13)10-7-4-3-5-8(7)10/h6-8,10-11H,3-5,13H2,1-2H3. The van der Waals surface area contributed by atoms with Crippen LogP contribution in [0.25, 0.3) is 0 Å². The maximum absolute atomic E-state index is 6.37. The van der Waals surface area contributed by atoms with Gasteiger partial charge in [-0.15, -0.1) is 0 Å². The van der Waals surface area contributed by atoms with Gasteiger partial charge in [0.2, 0.25) is 0 Å². The Kier molecular flexibility index (Phi) is 2.21. The van der Waals surface area contributed by atoms with Crippen molar-refractivity contribution in [2.45, 2.75) is 25.3 Å². The monoisotopic (exact) mass is 221 g/mol. The fourth-order valence-electron chi connectivity index (χ4n) is 3.56. The normalized spacial score (nSPS) is 33.6. The van der Waals surface area contributed by atoms with Crippen molar-refractivity contribution >= 4 is 0 Å². The lowest BCUT2D eigenvalue weighted by Gasteiger charge is -2.15. The van der Waals surface area contributed by atoms with Gasteiger partial charge in [-0.2, -0.15) is 5.10 Å². The van der Waals surface area contributed by atoms with Crippen LogP contribution in [-0.2, 0) is 7.05 Å². The number of nitrogens with two attached hydrogens (primary N) is 1. The smallest absolute Gasteiger partial charge is 0.161 e. The van der Waals surface area contributed by atoms with E-state index in [1.165, 1.54) is 19.3 Å². The molecule has 1 aromatic heterocycles. The van der Waals surface area contributed by atoms with Gasteiger partial charge in [0.1, 0.15) is 0 Å². The van der Waals surface area contributed by atoms with Crippen LogP contribution >= 0.6 is 0 Å². The lowest BCUT2D eigenvalue weighted by molar-refractivity contribution is 0.392. The highest BCUT2D eigenvalue weighted by Crippen LogP contribution is 2.62. The van der Waals surface area contributed by atoms with Crippen LogP contribution in [0.4, 0.5) is 0 Å². The molecule has 3 unspecified atom stereocenters. The summed E-state index contributed by atoms with van der Waals surface area (Å²) in [7, 11) is 3.62. The second kappa shape index (κ2) is 3.48. The van der Waals surface area contributed by atoms with Crippen LogP contribution in [0, 0.1) is 17.8 Å². The van der Waals surface area contributed by atoms with Gasteiger partial charge in [-0.3, -0.25) is 4.68 Å². The summed E-state index contributed by atoms with van der Waals surface area (Å²) in [5, 5.41) is 4.22. The predicted molar refractivity (Wildman–Crippen MR) is 61.0 cm³/mol. The zero-order valence-corrected chi connectivity index (χ0v) is 9.89. The van der Waals surface area contributed by atoms with Crippen LogP contribution in [0.2, 0.25) is 0 Å². The highest BCUT2D eigenvalue weighted by molar-refractivity contribution is 5.30. The molecule has 1 aromatic rings. The molecule has 4 nitrogen and oxygen atoms in total. The van der Waals surface area contributed by atoms with Crippen LogP contribution in [0.15, 0.2) is 6.20 Å². The van der Waals surface area contributed by atoms with Gasteiger partial charge in [-0.25, -0.2) is 0 Å². The number of aromatic nitrogens is 2. The molecule has 0 bridgehead atoms. The summed E-state index contributed by atoms with van der Waals surface area (Å²) in [6.07, 6.45) is 5.88. The lowest BCUT2D eigenvalue weighted by atomic mass is 10.0. The number of aryl methyl sites for hydroxylation is 1. The number of ether oxygens (including phenoxy) is 1. The maximum Gasteiger partial charge on any atom is 0.161 e. The number of rotatable bonds is 3. The molecule has 0 aliphatic heterocycles. The highest BCUT2D eigenvalue weighted by Gasteiger charge is 2.56. The number of nitrogens with zero attached hydrogens (tertiary/aromatic N) is 2. The quantitative estimate of drug-likeness (QED) is 0.841. The molecular formula is C12H19N3O. The molecule has 2 aliphatic rings. The summed E-state index contributed by atoms with van der Waals surface area (Å²) in [6.45, 7) is 0. The van der Waals surface area contributed by atoms with Gasteiger partial charge in [0.25, 0.3) is 0 Å². The van der Waals surface area contributed by atoms with Gasteiger partial charge in [-0.1, -0.05) is 6.42 Å². The third kappa shape index (κ3) is 1.29. The summed E-state index contributed by atoms with van der Waals surface area (Å²) in [5.41, 5.74) is 7.43. The van der Waals surface area contributed by atoms with Crippen molar-refractivity contribution in [2.75, 3.05) is 7.11 Å². The third-order valence-electron chi connectivity index (χ3n) is 4.37. The fraction of sp³-hybridized carbons (Fsp3) is 0.750. The van der Waals surface area contributed by atoms with Crippen molar-refractivity contribution < 1.29 is 4.74 Å². The zero-order chi connectivity index (χ0) is 11.3. The van der Waals surface area contributed by atoms with Crippen molar-refractivity contribution in [2.24, 2.45) is 30.5 Å². The average Bonchev–Trinajstić information content (AvgIpc) is 2.66. The zero-order valence-electron chi connectivity index (χ0n) is 9.89. The Labute approximate surface area is 95.8 Å². The Balaban J connectivity index is 1.84. The molecule has 0 aromatic carbocycles. The number of methoxy groups -OCH3 is 1. The summed E-state index contributed by atoms with van der Waals surface area (Å²) >= 11 is 0. The largest absolute Gasteiger partial charge is 0.493 e. The Morgan fingerprint density at radius 2 is 2.19 bits per heavy atom. The molecule has 0 radical (unpaired) electrons. The van der Waals surface area contributed by atoms with E-state index in [4.69, 9.17) is 10.5 Å². The third-order valence-corrected chi connectivity index (χ3v) is 4.37. The van der Waals surface area contributed by atoms with E-state index in [1.54, 1.807) is 13.3 Å². The number of fused-ring (bicyclic) bond motifs is 1. The first-order valence-corrected chi connectivity index (χ1v) is 6.05. The van der Waals surface area contributed by atoms with Gasteiger partial charge in [0.15, 0.2) is 5.75 Å². The van der Waals surface area contributed by atoms with Gasteiger partial charge in [0.05, 0.1) is 25.0 Å². The van der Waals surface area contributed by atoms with Crippen LogP contribution < -0.4 is 10.5 Å². The minimum absolute atomic E-state index is 0.0951. The first-order valence-electron chi connectivity index (χ1n) is 6.05. The molecule has 2 N–H and O–H groups in total. The Bertz CT molecular complexity index is 391. The summed E-state index contributed by atoms with van der Waals surface area (Å²) in [5.74, 6) is 3.24. The summed E-state index contributed by atoms with van der Waals surface area (Å²) in [4.78, 5) is 0. The molecule has 0 spiro atoms. The molecule has 88 valence electrons. The fourth-order valence-corrected chi connectivity index (χ4v) is 3.56. The molecule has 4 heteroatoms. The number of hydrogen-bond acceptors (Lipinski definition) is 3. The molecule has 2 saturated carbocycles. The van der Waals surface area contributed by atoms with Crippen molar-refractivity contribution in [1.82, 2.24) is 9.78 Å². The van der Waals surface area contributed by atoms with Crippen LogP contribution in [-0.4, -0.2) is 16.9 Å². The van der Waals surface area contributed by atoms with Crippen molar-refractivity contribution in [1.29, 1.82) is 0 Å². The second-order valence-electron chi connectivity index (χ2n) is 5.08. The van der Waals surface area contributed by atoms with Crippen molar-refractivity contribution in [3.05, 3.63) is 11.9 Å². The lowest BCUT2D eigenvalue weighted by Crippen LogP contribution is -2.19. The van der Waals surface area contributed by atoms with E-state index in [0.29, 0.717) is 5.92 Å². The summed E-state index contributed by atoms with van der Waals surface area (Å²) < 4.78 is 7.18. The molecule has 1 heterocycles. The van der Waals surface area contributed by atoms with Crippen molar-refractivity contribution in [3.63, 3.8) is 0 Å². The summed E-state index contributed by atoms with van der Waals surface area (Å²) in [6, 6.07) is 0.0951. The van der Waals surface area contributed by atoms with E-state index < -0.39 is 0 Å². The molecular weight excluding hydrogens is 202 g/mol. The Morgan fingerprint density at radius 1 is 1.50 bits per heavy atom. The van der Waals surface area contributed by atoms with E-state index >= 15 is 0 Å². The first kappa shape index (κ1) is 10.1. The maximum atomic E-state index is 6.37. The number of hydrogen-bond donors (Lipinski definition) is 1. The molecule has 2 aliphatic carbocycles. The van der Waals surface area contributed by atoms with Gasteiger partial charge < -0.3 is 10.5 Å². The van der Waals surface area contributed by atoms with Gasteiger partial charge in [-0.05, 0) is 30.6 Å². The molecule has 0 amide bonds. The molecule has 16 heavy (non-hydrogen) atoms.